The second kappa shape index (κ2) is 4.68. The number of nitriles is 1. The van der Waals surface area contributed by atoms with Crippen molar-refractivity contribution in [3.63, 3.8) is 0 Å². The van der Waals surface area contributed by atoms with E-state index in [-0.39, 0.29) is 5.91 Å². The van der Waals surface area contributed by atoms with E-state index in [9.17, 15) is 4.79 Å². The number of nitrogens with zero attached hydrogens (tertiary/aromatic N) is 1. The van der Waals surface area contributed by atoms with Gasteiger partial charge in [0.15, 0.2) is 0 Å². The number of carbonyl (C=O) groups excluding carboxylic acids is 1. The molecule has 2 aromatic rings. The van der Waals surface area contributed by atoms with Crippen molar-refractivity contribution in [2.75, 3.05) is 11.1 Å². The monoisotopic (exact) mass is 243 g/mol. The maximum Gasteiger partial charge on any atom is 0.256 e. The molecule has 1 heterocycles. The fourth-order valence-corrected chi connectivity index (χ4v) is 1.99. The summed E-state index contributed by atoms with van der Waals surface area (Å²) in [5.74, 6) is -0.229. The Morgan fingerprint density at radius 2 is 2.24 bits per heavy atom. The zero-order chi connectivity index (χ0) is 12.3. The molecule has 0 aliphatic carbocycles. The lowest BCUT2D eigenvalue weighted by molar-refractivity contribution is 0.102. The number of rotatable bonds is 2. The first-order valence-electron chi connectivity index (χ1n) is 4.84. The highest BCUT2D eigenvalue weighted by Gasteiger charge is 2.09. The van der Waals surface area contributed by atoms with Gasteiger partial charge in [-0.25, -0.2) is 0 Å². The topological polar surface area (TPSA) is 78.9 Å². The summed E-state index contributed by atoms with van der Waals surface area (Å²) in [4.78, 5) is 11.8. The molecule has 0 bridgehead atoms. The smallest absolute Gasteiger partial charge is 0.256 e. The van der Waals surface area contributed by atoms with E-state index in [0.717, 1.165) is 0 Å². The summed E-state index contributed by atoms with van der Waals surface area (Å²) in [5.41, 5.74) is 7.47. The average Bonchev–Trinajstić information content (AvgIpc) is 2.85. The van der Waals surface area contributed by atoms with Gasteiger partial charge in [-0.15, -0.1) is 0 Å². The molecule has 0 fully saturated rings. The van der Waals surface area contributed by atoms with Crippen molar-refractivity contribution in [2.24, 2.45) is 0 Å². The molecule has 0 atom stereocenters. The van der Waals surface area contributed by atoms with E-state index >= 15 is 0 Å². The van der Waals surface area contributed by atoms with E-state index < -0.39 is 0 Å². The van der Waals surface area contributed by atoms with Gasteiger partial charge in [0.1, 0.15) is 6.07 Å². The Morgan fingerprint density at radius 1 is 1.41 bits per heavy atom. The van der Waals surface area contributed by atoms with Crippen LogP contribution in [0.1, 0.15) is 15.9 Å². The van der Waals surface area contributed by atoms with Crippen LogP contribution < -0.4 is 11.1 Å². The summed E-state index contributed by atoms with van der Waals surface area (Å²) in [7, 11) is 0. The first-order valence-corrected chi connectivity index (χ1v) is 5.78. The van der Waals surface area contributed by atoms with Crippen molar-refractivity contribution < 1.29 is 4.79 Å². The Balaban J connectivity index is 2.25. The Hall–Kier alpha value is -2.32. The maximum absolute atomic E-state index is 11.8. The van der Waals surface area contributed by atoms with Crippen molar-refractivity contribution in [1.82, 2.24) is 0 Å². The molecule has 1 amide bonds. The van der Waals surface area contributed by atoms with Crippen LogP contribution in [-0.4, -0.2) is 5.91 Å². The number of benzene rings is 1. The Morgan fingerprint density at radius 3 is 2.88 bits per heavy atom. The number of carbonyl (C=O) groups is 1. The number of nitrogens with one attached hydrogen (secondary N) is 1. The van der Waals surface area contributed by atoms with E-state index in [1.165, 1.54) is 17.4 Å². The molecule has 0 aliphatic rings. The van der Waals surface area contributed by atoms with Crippen LogP contribution in [0.15, 0.2) is 35.0 Å². The summed E-state index contributed by atoms with van der Waals surface area (Å²) >= 11 is 1.45. The molecule has 17 heavy (non-hydrogen) atoms. The molecular weight excluding hydrogens is 234 g/mol. The fourth-order valence-electron chi connectivity index (χ4n) is 1.35. The van der Waals surface area contributed by atoms with Gasteiger partial charge in [-0.2, -0.15) is 16.6 Å². The standard InChI is InChI=1S/C12H9N3OS/c13-6-9-5-10(14)1-2-11(9)15-12(16)8-3-4-17-7-8/h1-5,7H,14H2,(H,15,16). The van der Waals surface area contributed by atoms with E-state index in [4.69, 9.17) is 11.0 Å². The highest BCUT2D eigenvalue weighted by molar-refractivity contribution is 7.08. The quantitative estimate of drug-likeness (QED) is 0.795. The molecule has 84 valence electrons. The number of nitrogens with two attached hydrogens (primary N) is 1. The molecule has 0 saturated carbocycles. The minimum absolute atomic E-state index is 0.229. The second-order valence-corrected chi connectivity index (χ2v) is 4.16. The minimum Gasteiger partial charge on any atom is -0.399 e. The number of anilines is 2. The van der Waals surface area contributed by atoms with Crippen molar-refractivity contribution >= 4 is 28.6 Å². The predicted molar refractivity (Wildman–Crippen MR) is 67.8 cm³/mol. The van der Waals surface area contributed by atoms with E-state index in [0.29, 0.717) is 22.5 Å². The van der Waals surface area contributed by atoms with E-state index in [1.54, 1.807) is 23.6 Å². The van der Waals surface area contributed by atoms with Crippen molar-refractivity contribution in [1.29, 1.82) is 5.26 Å². The number of thiophene rings is 1. The fraction of sp³-hybridized carbons (Fsp3) is 0. The Bertz CT molecular complexity index is 584. The lowest BCUT2D eigenvalue weighted by atomic mass is 10.1. The van der Waals surface area contributed by atoms with Gasteiger partial charge >= 0.3 is 0 Å². The van der Waals surface area contributed by atoms with Gasteiger partial charge in [-0.3, -0.25) is 4.79 Å². The molecular formula is C12H9N3OS. The molecule has 0 unspecified atom stereocenters. The van der Waals surface area contributed by atoms with Gasteiger partial charge in [0.05, 0.1) is 16.8 Å². The second-order valence-electron chi connectivity index (χ2n) is 3.38. The Labute approximate surface area is 102 Å². The molecule has 3 N–H and O–H groups in total. The molecule has 1 aromatic carbocycles. The molecule has 0 spiro atoms. The molecule has 0 saturated heterocycles. The van der Waals surface area contributed by atoms with Crippen molar-refractivity contribution in [3.8, 4) is 6.07 Å². The van der Waals surface area contributed by atoms with E-state index in [1.807, 2.05) is 11.4 Å². The molecule has 5 heteroatoms. The molecule has 0 aliphatic heterocycles. The van der Waals surface area contributed by atoms with Crippen molar-refractivity contribution in [2.45, 2.75) is 0 Å². The molecule has 4 nitrogen and oxygen atoms in total. The zero-order valence-electron chi connectivity index (χ0n) is 8.81. The van der Waals surface area contributed by atoms with Crippen LogP contribution >= 0.6 is 11.3 Å². The van der Waals surface area contributed by atoms with Crippen molar-refractivity contribution in [3.05, 3.63) is 46.2 Å². The van der Waals surface area contributed by atoms with Crippen LogP contribution in [0.25, 0.3) is 0 Å². The van der Waals surface area contributed by atoms with Crippen LogP contribution in [0.4, 0.5) is 11.4 Å². The predicted octanol–water partition coefficient (Wildman–Crippen LogP) is 2.45. The van der Waals surface area contributed by atoms with Crippen LogP contribution in [0.5, 0.6) is 0 Å². The highest BCUT2D eigenvalue weighted by Crippen LogP contribution is 2.19. The summed E-state index contributed by atoms with van der Waals surface area (Å²) in [6.07, 6.45) is 0. The summed E-state index contributed by atoms with van der Waals surface area (Å²) < 4.78 is 0. The summed E-state index contributed by atoms with van der Waals surface area (Å²) in [6, 6.07) is 8.52. The number of hydrogen-bond donors (Lipinski definition) is 2. The van der Waals surface area contributed by atoms with Gasteiger partial charge in [0, 0.05) is 11.1 Å². The van der Waals surface area contributed by atoms with E-state index in [2.05, 4.69) is 5.32 Å². The number of amides is 1. The summed E-state index contributed by atoms with van der Waals surface area (Å²) in [5, 5.41) is 15.2. The average molecular weight is 243 g/mol. The molecule has 0 radical (unpaired) electrons. The third-order valence-corrected chi connectivity index (χ3v) is 2.88. The SMILES string of the molecule is N#Cc1cc(N)ccc1NC(=O)c1ccsc1. The van der Waals surface area contributed by atoms with Gasteiger partial charge < -0.3 is 11.1 Å². The van der Waals surface area contributed by atoms with Gasteiger partial charge in [0.25, 0.3) is 5.91 Å². The minimum atomic E-state index is -0.229. The zero-order valence-corrected chi connectivity index (χ0v) is 9.62. The number of hydrogen-bond acceptors (Lipinski definition) is 4. The Kier molecular flexibility index (Phi) is 3.08. The lowest BCUT2D eigenvalue weighted by Crippen LogP contribution is -2.12. The van der Waals surface area contributed by atoms with Gasteiger partial charge in [-0.1, -0.05) is 0 Å². The third kappa shape index (κ3) is 2.44. The maximum atomic E-state index is 11.8. The van der Waals surface area contributed by atoms with Crippen LogP contribution in [0.2, 0.25) is 0 Å². The van der Waals surface area contributed by atoms with Gasteiger partial charge in [-0.05, 0) is 29.6 Å². The van der Waals surface area contributed by atoms with Gasteiger partial charge in [0.2, 0.25) is 0 Å². The van der Waals surface area contributed by atoms with Crippen LogP contribution in [-0.2, 0) is 0 Å². The first-order chi connectivity index (χ1) is 8.20. The number of nitrogen functional groups attached to an aromatic ring is 1. The van der Waals surface area contributed by atoms with Crippen LogP contribution in [0.3, 0.4) is 0 Å². The molecule has 1 aromatic heterocycles. The van der Waals surface area contributed by atoms with Crippen LogP contribution in [0, 0.1) is 11.3 Å². The largest absolute Gasteiger partial charge is 0.399 e. The summed E-state index contributed by atoms with van der Waals surface area (Å²) in [6.45, 7) is 0. The lowest BCUT2D eigenvalue weighted by Gasteiger charge is -2.06. The highest BCUT2D eigenvalue weighted by atomic mass is 32.1. The third-order valence-electron chi connectivity index (χ3n) is 2.20. The molecule has 2 rings (SSSR count). The normalized spacial score (nSPS) is 9.59. The first kappa shape index (κ1) is 11.2.